The molecule has 0 heterocycles. The van der Waals surface area contributed by atoms with E-state index in [0.717, 1.165) is 24.3 Å². The first-order valence-corrected chi connectivity index (χ1v) is 9.91. The van der Waals surface area contributed by atoms with Crippen LogP contribution in [0.3, 0.4) is 0 Å². The number of carbonyl (C=O) groups is 1. The van der Waals surface area contributed by atoms with Crippen molar-refractivity contribution in [2.24, 2.45) is 0 Å². The lowest BCUT2D eigenvalue weighted by Crippen LogP contribution is -2.32. The fourth-order valence-electron chi connectivity index (χ4n) is 3.41. The van der Waals surface area contributed by atoms with Crippen LogP contribution in [0.15, 0.2) is 42.5 Å². The molecule has 4 heteroatoms. The summed E-state index contributed by atoms with van der Waals surface area (Å²) in [6, 6.07) is 13.7. The van der Waals surface area contributed by atoms with E-state index in [0.29, 0.717) is 12.1 Å². The van der Waals surface area contributed by atoms with E-state index in [1.54, 1.807) is 0 Å². The largest absolute Gasteiger partial charge is 0.491 e. The van der Waals surface area contributed by atoms with Crippen molar-refractivity contribution in [3.63, 3.8) is 0 Å². The molecule has 0 saturated carbocycles. The quantitative estimate of drug-likeness (QED) is 0.736. The van der Waals surface area contributed by atoms with Gasteiger partial charge in [0.25, 0.3) is 5.91 Å². The summed E-state index contributed by atoms with van der Waals surface area (Å²) in [5.74, 6) is 1.37. The molecular weight excluding hydrogens is 338 g/mol. The van der Waals surface area contributed by atoms with Gasteiger partial charge < -0.3 is 14.8 Å². The Labute approximate surface area is 161 Å². The minimum atomic E-state index is -0.527. The summed E-state index contributed by atoms with van der Waals surface area (Å²) in [5, 5.41) is 2.95. The topological polar surface area (TPSA) is 47.6 Å². The average molecular weight is 367 g/mol. The molecule has 0 fully saturated rings. The lowest BCUT2D eigenvalue weighted by Gasteiger charge is -2.20. The Morgan fingerprint density at radius 3 is 2.48 bits per heavy atom. The number of rotatable bonds is 7. The van der Waals surface area contributed by atoms with Crippen molar-refractivity contribution in [1.82, 2.24) is 0 Å². The molecule has 1 atom stereocenters. The van der Waals surface area contributed by atoms with Gasteiger partial charge in [-0.3, -0.25) is 4.79 Å². The molecule has 1 N–H and O–H groups in total. The Kier molecular flexibility index (Phi) is 6.38. The molecular formula is C23H29NO3. The van der Waals surface area contributed by atoms with Gasteiger partial charge in [0.2, 0.25) is 0 Å². The third-order valence-electron chi connectivity index (χ3n) is 4.73. The van der Waals surface area contributed by atoms with Crippen LogP contribution in [0.2, 0.25) is 0 Å². The Bertz CT molecular complexity index is 785. The number of carbonyl (C=O) groups excluding carboxylic acids is 1. The number of benzene rings is 2. The molecule has 1 aliphatic carbocycles. The van der Waals surface area contributed by atoms with Crippen LogP contribution < -0.4 is 14.8 Å². The Hall–Kier alpha value is -2.49. The minimum absolute atomic E-state index is 0.0895. The lowest BCUT2D eigenvalue weighted by molar-refractivity contribution is -0.122. The maximum Gasteiger partial charge on any atom is 0.265 e. The van der Waals surface area contributed by atoms with Crippen molar-refractivity contribution in [2.45, 2.75) is 65.1 Å². The molecule has 0 spiro atoms. The predicted octanol–water partition coefficient (Wildman–Crippen LogP) is 5.15. The van der Waals surface area contributed by atoms with Gasteiger partial charge in [-0.1, -0.05) is 19.1 Å². The van der Waals surface area contributed by atoms with Crippen molar-refractivity contribution in [2.75, 3.05) is 5.32 Å². The van der Waals surface area contributed by atoms with Crippen LogP contribution in [-0.4, -0.2) is 18.1 Å². The number of amides is 1. The number of nitrogens with one attached hydrogen (secondary N) is 1. The molecule has 0 aliphatic heterocycles. The fraction of sp³-hybridized carbons (Fsp3) is 0.435. The molecule has 0 radical (unpaired) electrons. The summed E-state index contributed by atoms with van der Waals surface area (Å²) >= 11 is 0. The molecule has 0 unspecified atom stereocenters. The highest BCUT2D eigenvalue weighted by Gasteiger charge is 2.20. The highest BCUT2D eigenvalue weighted by molar-refractivity contribution is 5.94. The smallest absolute Gasteiger partial charge is 0.265 e. The highest BCUT2D eigenvalue weighted by atomic mass is 16.5. The molecule has 0 bridgehead atoms. The number of anilines is 1. The number of hydrogen-bond donors (Lipinski definition) is 1. The number of ether oxygens (including phenoxy) is 2. The molecule has 1 aliphatic rings. The third-order valence-corrected chi connectivity index (χ3v) is 4.73. The van der Waals surface area contributed by atoms with Crippen molar-refractivity contribution < 1.29 is 14.3 Å². The van der Waals surface area contributed by atoms with Crippen LogP contribution in [-0.2, 0) is 17.6 Å². The van der Waals surface area contributed by atoms with Crippen molar-refractivity contribution in [3.8, 4) is 11.5 Å². The van der Waals surface area contributed by atoms with Crippen LogP contribution in [0, 0.1) is 0 Å². The van der Waals surface area contributed by atoms with E-state index < -0.39 is 6.10 Å². The van der Waals surface area contributed by atoms with Gasteiger partial charge >= 0.3 is 0 Å². The third kappa shape index (κ3) is 5.25. The Morgan fingerprint density at radius 1 is 1.00 bits per heavy atom. The van der Waals surface area contributed by atoms with Crippen LogP contribution in [0.5, 0.6) is 11.5 Å². The average Bonchev–Trinajstić information content (AvgIpc) is 2.65. The molecule has 2 aromatic carbocycles. The van der Waals surface area contributed by atoms with E-state index in [1.165, 1.54) is 24.0 Å². The van der Waals surface area contributed by atoms with E-state index in [9.17, 15) is 4.79 Å². The predicted molar refractivity (Wildman–Crippen MR) is 109 cm³/mol. The normalized spacial score (nSPS) is 14.4. The molecule has 2 aromatic rings. The molecule has 1 amide bonds. The number of hydrogen-bond acceptors (Lipinski definition) is 3. The molecule has 3 rings (SSSR count). The molecule has 144 valence electrons. The highest BCUT2D eigenvalue weighted by Crippen LogP contribution is 2.26. The van der Waals surface area contributed by atoms with Crippen molar-refractivity contribution in [3.05, 3.63) is 53.6 Å². The zero-order valence-corrected chi connectivity index (χ0v) is 16.5. The van der Waals surface area contributed by atoms with E-state index >= 15 is 0 Å². The van der Waals surface area contributed by atoms with Crippen molar-refractivity contribution in [1.29, 1.82) is 0 Å². The molecule has 0 saturated heterocycles. The van der Waals surface area contributed by atoms with Gasteiger partial charge in [0.1, 0.15) is 11.5 Å². The monoisotopic (exact) mass is 367 g/mol. The molecule has 27 heavy (non-hydrogen) atoms. The van der Waals surface area contributed by atoms with Gasteiger partial charge in [-0.2, -0.15) is 0 Å². The van der Waals surface area contributed by atoms with Crippen LogP contribution in [0.25, 0.3) is 0 Å². The standard InChI is InChI=1S/C23H29NO3/c1-4-22(27-21-13-12-17-8-5-6-9-18(17)14-21)23(25)24-19-10-7-11-20(15-19)26-16(2)3/h7,10-16,22H,4-6,8-9H2,1-3H3,(H,24,25)/t22-/m1/s1. The summed E-state index contributed by atoms with van der Waals surface area (Å²) < 4.78 is 11.7. The Balaban J connectivity index is 1.66. The van der Waals surface area contributed by atoms with Crippen molar-refractivity contribution >= 4 is 11.6 Å². The maximum atomic E-state index is 12.7. The second kappa shape index (κ2) is 8.94. The van der Waals surface area contributed by atoms with E-state index in [1.807, 2.05) is 51.1 Å². The SMILES string of the molecule is CC[C@@H](Oc1ccc2c(c1)CCCC2)C(=O)Nc1cccc(OC(C)C)c1. The Morgan fingerprint density at radius 2 is 1.74 bits per heavy atom. The minimum Gasteiger partial charge on any atom is -0.491 e. The van der Waals surface area contributed by atoms with Gasteiger partial charge in [0, 0.05) is 11.8 Å². The maximum absolute atomic E-state index is 12.7. The lowest BCUT2D eigenvalue weighted by atomic mass is 9.92. The van der Waals surface area contributed by atoms with Crippen LogP contribution in [0.4, 0.5) is 5.69 Å². The second-order valence-electron chi connectivity index (χ2n) is 7.34. The summed E-state index contributed by atoms with van der Waals surface area (Å²) in [7, 11) is 0. The van der Waals surface area contributed by atoms with Gasteiger partial charge in [0.15, 0.2) is 6.10 Å². The summed E-state index contributed by atoms with van der Waals surface area (Å²) in [6.07, 6.45) is 4.88. The summed E-state index contributed by atoms with van der Waals surface area (Å²) in [5.41, 5.74) is 3.48. The first-order chi connectivity index (χ1) is 13.0. The zero-order valence-electron chi connectivity index (χ0n) is 16.5. The first-order valence-electron chi connectivity index (χ1n) is 9.91. The fourth-order valence-corrected chi connectivity index (χ4v) is 3.41. The number of aryl methyl sites for hydroxylation is 2. The van der Waals surface area contributed by atoms with E-state index in [-0.39, 0.29) is 12.0 Å². The van der Waals surface area contributed by atoms with Gasteiger partial charge in [-0.15, -0.1) is 0 Å². The molecule has 0 aromatic heterocycles. The van der Waals surface area contributed by atoms with Crippen LogP contribution in [0.1, 0.15) is 51.2 Å². The zero-order chi connectivity index (χ0) is 19.2. The van der Waals surface area contributed by atoms with E-state index in [4.69, 9.17) is 9.47 Å². The van der Waals surface area contributed by atoms with Gasteiger partial charge in [-0.05, 0) is 81.3 Å². The summed E-state index contributed by atoms with van der Waals surface area (Å²) in [4.78, 5) is 12.7. The second-order valence-corrected chi connectivity index (χ2v) is 7.34. The first kappa shape index (κ1) is 19.3. The van der Waals surface area contributed by atoms with Gasteiger partial charge in [0.05, 0.1) is 6.10 Å². The molecule has 4 nitrogen and oxygen atoms in total. The van der Waals surface area contributed by atoms with E-state index in [2.05, 4.69) is 17.4 Å². The van der Waals surface area contributed by atoms with Crippen LogP contribution >= 0.6 is 0 Å². The number of fused-ring (bicyclic) bond motifs is 1. The van der Waals surface area contributed by atoms with Gasteiger partial charge in [-0.25, -0.2) is 0 Å². The summed E-state index contributed by atoms with van der Waals surface area (Å²) in [6.45, 7) is 5.91.